The van der Waals surface area contributed by atoms with E-state index in [1.54, 1.807) is 0 Å². The van der Waals surface area contributed by atoms with E-state index in [-0.39, 0.29) is 5.78 Å². The van der Waals surface area contributed by atoms with Gasteiger partial charge in [-0.3, -0.25) is 9.48 Å². The van der Waals surface area contributed by atoms with E-state index in [1.165, 1.54) is 0 Å². The molecular weight excluding hydrogens is 202 g/mol. The lowest BCUT2D eigenvalue weighted by molar-refractivity contribution is -0.118. The van der Waals surface area contributed by atoms with Gasteiger partial charge in [-0.1, -0.05) is 6.92 Å². The molecule has 90 valence electrons. The van der Waals surface area contributed by atoms with Gasteiger partial charge in [0.05, 0.1) is 5.69 Å². The van der Waals surface area contributed by atoms with Crippen LogP contribution in [0.25, 0.3) is 0 Å². The number of hydrogen-bond acceptors (Lipinski definition) is 3. The second kappa shape index (κ2) is 5.80. The molecule has 0 N–H and O–H groups in total. The molecule has 0 saturated heterocycles. The number of rotatable bonds is 6. The van der Waals surface area contributed by atoms with E-state index in [2.05, 4.69) is 12.0 Å². The van der Waals surface area contributed by atoms with Crippen LogP contribution in [0.3, 0.4) is 0 Å². The predicted molar refractivity (Wildman–Crippen MR) is 64.5 cm³/mol. The van der Waals surface area contributed by atoms with E-state index in [1.807, 2.05) is 36.8 Å². The van der Waals surface area contributed by atoms with Crippen LogP contribution >= 0.6 is 0 Å². The standard InChI is InChI=1S/C12H21N3O/c1-5-10-8-11(15(4)13-10)9-12(16)6-7-14(2)3/h8H,5-7,9H2,1-4H3. The highest BCUT2D eigenvalue weighted by Gasteiger charge is 2.09. The largest absolute Gasteiger partial charge is 0.309 e. The fourth-order valence-electron chi connectivity index (χ4n) is 1.55. The molecule has 1 heterocycles. The minimum Gasteiger partial charge on any atom is -0.309 e. The molecule has 1 rings (SSSR count). The number of aryl methyl sites for hydroxylation is 2. The summed E-state index contributed by atoms with van der Waals surface area (Å²) in [7, 11) is 5.85. The lowest BCUT2D eigenvalue weighted by atomic mass is 10.1. The first kappa shape index (κ1) is 12.9. The third kappa shape index (κ3) is 3.77. The van der Waals surface area contributed by atoms with Crippen molar-refractivity contribution in [2.75, 3.05) is 20.6 Å². The topological polar surface area (TPSA) is 38.1 Å². The van der Waals surface area contributed by atoms with Gasteiger partial charge in [0, 0.05) is 32.1 Å². The van der Waals surface area contributed by atoms with E-state index >= 15 is 0 Å². The van der Waals surface area contributed by atoms with Gasteiger partial charge in [-0.2, -0.15) is 5.10 Å². The van der Waals surface area contributed by atoms with Crippen LogP contribution in [0.15, 0.2) is 6.07 Å². The number of carbonyl (C=O) groups is 1. The Hall–Kier alpha value is -1.16. The molecule has 0 fully saturated rings. The van der Waals surface area contributed by atoms with E-state index < -0.39 is 0 Å². The summed E-state index contributed by atoms with van der Waals surface area (Å²) in [6, 6.07) is 2.02. The van der Waals surface area contributed by atoms with Crippen molar-refractivity contribution >= 4 is 5.78 Å². The highest BCUT2D eigenvalue weighted by molar-refractivity contribution is 5.80. The van der Waals surface area contributed by atoms with Crippen molar-refractivity contribution in [3.8, 4) is 0 Å². The Labute approximate surface area is 97.2 Å². The van der Waals surface area contributed by atoms with Crippen molar-refractivity contribution in [1.82, 2.24) is 14.7 Å². The molecule has 16 heavy (non-hydrogen) atoms. The Balaban J connectivity index is 2.52. The molecule has 0 spiro atoms. The van der Waals surface area contributed by atoms with Crippen molar-refractivity contribution in [1.29, 1.82) is 0 Å². The zero-order chi connectivity index (χ0) is 12.1. The number of aromatic nitrogens is 2. The first-order valence-corrected chi connectivity index (χ1v) is 5.71. The molecule has 0 bridgehead atoms. The average Bonchev–Trinajstić information content (AvgIpc) is 2.57. The average molecular weight is 223 g/mol. The number of nitrogens with zero attached hydrogens (tertiary/aromatic N) is 3. The summed E-state index contributed by atoms with van der Waals surface area (Å²) in [6.45, 7) is 2.89. The first-order chi connectivity index (χ1) is 7.52. The molecule has 0 amide bonds. The molecule has 1 aromatic rings. The van der Waals surface area contributed by atoms with Gasteiger partial charge in [-0.25, -0.2) is 0 Å². The van der Waals surface area contributed by atoms with Gasteiger partial charge in [0.25, 0.3) is 0 Å². The van der Waals surface area contributed by atoms with Gasteiger partial charge >= 0.3 is 0 Å². The normalized spacial score (nSPS) is 11.1. The molecule has 0 unspecified atom stereocenters. The van der Waals surface area contributed by atoms with Gasteiger partial charge in [0.2, 0.25) is 0 Å². The maximum absolute atomic E-state index is 11.7. The Kier molecular flexibility index (Phi) is 4.68. The Bertz CT molecular complexity index is 355. The second-order valence-corrected chi connectivity index (χ2v) is 4.37. The molecule has 0 saturated carbocycles. The van der Waals surface area contributed by atoms with Crippen LogP contribution in [0.2, 0.25) is 0 Å². The second-order valence-electron chi connectivity index (χ2n) is 4.37. The fourth-order valence-corrected chi connectivity index (χ4v) is 1.55. The molecular formula is C12H21N3O. The van der Waals surface area contributed by atoms with Crippen LogP contribution in [0, 0.1) is 0 Å². The van der Waals surface area contributed by atoms with Crippen LogP contribution in [0.4, 0.5) is 0 Å². The van der Waals surface area contributed by atoms with Gasteiger partial charge in [-0.05, 0) is 26.6 Å². The van der Waals surface area contributed by atoms with Crippen molar-refractivity contribution in [2.45, 2.75) is 26.2 Å². The van der Waals surface area contributed by atoms with Gasteiger partial charge in [0.15, 0.2) is 0 Å². The summed E-state index contributed by atoms with van der Waals surface area (Å²) >= 11 is 0. The Morgan fingerprint density at radius 2 is 2.19 bits per heavy atom. The molecule has 0 radical (unpaired) electrons. The van der Waals surface area contributed by atoms with Crippen LogP contribution in [-0.4, -0.2) is 41.1 Å². The highest BCUT2D eigenvalue weighted by Crippen LogP contribution is 2.06. The minimum absolute atomic E-state index is 0.277. The van der Waals surface area contributed by atoms with Crippen LogP contribution in [0.5, 0.6) is 0 Å². The van der Waals surface area contributed by atoms with Crippen LogP contribution in [0.1, 0.15) is 24.7 Å². The Morgan fingerprint density at radius 1 is 1.50 bits per heavy atom. The number of hydrogen-bond donors (Lipinski definition) is 0. The summed E-state index contributed by atoms with van der Waals surface area (Å²) in [5, 5.41) is 4.33. The van der Waals surface area contributed by atoms with E-state index in [9.17, 15) is 4.79 Å². The fraction of sp³-hybridized carbons (Fsp3) is 0.667. The van der Waals surface area contributed by atoms with Crippen molar-refractivity contribution in [3.05, 3.63) is 17.5 Å². The Morgan fingerprint density at radius 3 is 2.69 bits per heavy atom. The van der Waals surface area contributed by atoms with E-state index in [4.69, 9.17) is 0 Å². The zero-order valence-electron chi connectivity index (χ0n) is 10.7. The van der Waals surface area contributed by atoms with Gasteiger partial charge < -0.3 is 4.90 Å². The molecule has 1 aromatic heterocycles. The summed E-state index contributed by atoms with van der Waals surface area (Å²) in [5.41, 5.74) is 2.07. The van der Waals surface area contributed by atoms with Crippen LogP contribution in [-0.2, 0) is 24.7 Å². The molecule has 0 aromatic carbocycles. The summed E-state index contributed by atoms with van der Waals surface area (Å²) in [4.78, 5) is 13.7. The predicted octanol–water partition coefficient (Wildman–Crippen LogP) is 1.05. The quantitative estimate of drug-likeness (QED) is 0.723. The third-order valence-electron chi connectivity index (χ3n) is 2.61. The molecule has 4 nitrogen and oxygen atoms in total. The maximum Gasteiger partial charge on any atom is 0.140 e. The summed E-state index contributed by atoms with van der Waals surface area (Å²) < 4.78 is 1.81. The molecule has 0 atom stereocenters. The lowest BCUT2D eigenvalue weighted by Crippen LogP contribution is -2.18. The van der Waals surface area contributed by atoms with Crippen molar-refractivity contribution < 1.29 is 4.79 Å². The maximum atomic E-state index is 11.7. The minimum atomic E-state index is 0.277. The zero-order valence-corrected chi connectivity index (χ0v) is 10.7. The summed E-state index contributed by atoms with van der Waals surface area (Å²) in [5.74, 6) is 0.277. The van der Waals surface area contributed by atoms with Crippen molar-refractivity contribution in [2.24, 2.45) is 7.05 Å². The number of carbonyl (C=O) groups excluding carboxylic acids is 1. The molecule has 0 aliphatic rings. The lowest BCUT2D eigenvalue weighted by Gasteiger charge is -2.08. The van der Waals surface area contributed by atoms with Crippen molar-refractivity contribution in [3.63, 3.8) is 0 Å². The monoisotopic (exact) mass is 223 g/mol. The van der Waals surface area contributed by atoms with Crippen LogP contribution < -0.4 is 0 Å². The first-order valence-electron chi connectivity index (χ1n) is 5.71. The third-order valence-corrected chi connectivity index (χ3v) is 2.61. The molecule has 0 aliphatic heterocycles. The van der Waals surface area contributed by atoms with Gasteiger partial charge in [-0.15, -0.1) is 0 Å². The highest BCUT2D eigenvalue weighted by atomic mass is 16.1. The van der Waals surface area contributed by atoms with E-state index in [0.717, 1.165) is 24.4 Å². The molecule has 4 heteroatoms. The van der Waals surface area contributed by atoms with E-state index in [0.29, 0.717) is 12.8 Å². The number of ketones is 1. The summed E-state index contributed by atoms with van der Waals surface area (Å²) in [6.07, 6.45) is 2.02. The number of Topliss-reactive ketones (excluding diaryl/α,β-unsaturated/α-hetero) is 1. The SMILES string of the molecule is CCc1cc(CC(=O)CCN(C)C)n(C)n1. The smallest absolute Gasteiger partial charge is 0.140 e. The molecule has 0 aliphatic carbocycles. The van der Waals surface area contributed by atoms with Gasteiger partial charge in [0.1, 0.15) is 5.78 Å².